The highest BCUT2D eigenvalue weighted by Gasteiger charge is 2.18. The quantitative estimate of drug-likeness (QED) is 0.497. The minimum Gasteiger partial charge on any atom is -0.457 e. The fourth-order valence-electron chi connectivity index (χ4n) is 2.93. The Morgan fingerprint density at radius 1 is 1.09 bits per heavy atom. The lowest BCUT2D eigenvalue weighted by Gasteiger charge is -2.15. The Morgan fingerprint density at radius 2 is 1.72 bits per heavy atom. The first-order valence-electron chi connectivity index (χ1n) is 9.74. The molecule has 1 unspecified atom stereocenters. The molecule has 162 valence electrons. The lowest BCUT2D eigenvalue weighted by atomic mass is 10.1. The first-order chi connectivity index (χ1) is 15.4. The number of nitrogens with zero attached hydrogens (tertiary/aromatic N) is 2. The second kappa shape index (κ2) is 10.4. The van der Waals surface area contributed by atoms with Crippen LogP contribution >= 0.6 is 11.6 Å². The largest absolute Gasteiger partial charge is 0.457 e. The monoisotopic (exact) mass is 449 g/mol. The number of anilines is 1. The second-order valence-electron chi connectivity index (χ2n) is 6.92. The molecule has 2 aromatic carbocycles. The number of benzene rings is 2. The Morgan fingerprint density at radius 3 is 2.31 bits per heavy atom. The highest BCUT2D eigenvalue weighted by molar-refractivity contribution is 6.34. The van der Waals surface area contributed by atoms with E-state index in [0.29, 0.717) is 28.4 Å². The van der Waals surface area contributed by atoms with Crippen LogP contribution < -0.4 is 10.1 Å². The highest BCUT2D eigenvalue weighted by atomic mass is 35.5. The molecule has 0 saturated carbocycles. The van der Waals surface area contributed by atoms with Crippen molar-refractivity contribution in [1.29, 1.82) is 5.26 Å². The molecule has 0 aliphatic carbocycles. The standard InChI is InChI=1S/C24H20ClN3O4/c1-15(31-16(2)29)24-23(25)21(11-12-27-24)28-22(30)13-17-3-7-19(8-4-17)32-20-9-5-18(14-26)6-10-20/h3-12,15H,13H2,1-2H3,(H,27,28,30). The molecule has 0 spiro atoms. The van der Waals surface area contributed by atoms with E-state index in [1.165, 1.54) is 13.1 Å². The summed E-state index contributed by atoms with van der Waals surface area (Å²) in [5.41, 5.74) is 2.10. The number of rotatable bonds is 7. The van der Waals surface area contributed by atoms with Crippen LogP contribution in [0.4, 0.5) is 5.69 Å². The summed E-state index contributed by atoms with van der Waals surface area (Å²) in [7, 11) is 0. The number of pyridine rings is 1. The summed E-state index contributed by atoms with van der Waals surface area (Å²) in [6.45, 7) is 2.96. The zero-order valence-electron chi connectivity index (χ0n) is 17.5. The molecule has 1 atom stereocenters. The zero-order valence-corrected chi connectivity index (χ0v) is 18.2. The number of nitriles is 1. The first kappa shape index (κ1) is 22.8. The fourth-order valence-corrected chi connectivity index (χ4v) is 3.25. The molecule has 32 heavy (non-hydrogen) atoms. The number of hydrogen-bond donors (Lipinski definition) is 1. The molecule has 1 heterocycles. The van der Waals surface area contributed by atoms with Gasteiger partial charge in [0.15, 0.2) is 0 Å². The van der Waals surface area contributed by atoms with Gasteiger partial charge in [0.1, 0.15) is 23.3 Å². The number of hydrogen-bond acceptors (Lipinski definition) is 6. The van der Waals surface area contributed by atoms with Crippen molar-refractivity contribution in [3.8, 4) is 17.6 Å². The van der Waals surface area contributed by atoms with Crippen LogP contribution in [0.3, 0.4) is 0 Å². The maximum Gasteiger partial charge on any atom is 0.303 e. The van der Waals surface area contributed by atoms with Crippen LogP contribution in [0.2, 0.25) is 5.02 Å². The van der Waals surface area contributed by atoms with E-state index in [1.807, 2.05) is 0 Å². The van der Waals surface area contributed by atoms with Crippen molar-refractivity contribution in [2.45, 2.75) is 26.4 Å². The number of amides is 1. The number of nitrogens with one attached hydrogen (secondary N) is 1. The van der Waals surface area contributed by atoms with Gasteiger partial charge in [0.25, 0.3) is 0 Å². The molecule has 1 N–H and O–H groups in total. The predicted octanol–water partition coefficient (Wildman–Crippen LogP) is 5.20. The van der Waals surface area contributed by atoms with Crippen molar-refractivity contribution >= 4 is 29.2 Å². The van der Waals surface area contributed by atoms with E-state index in [1.54, 1.807) is 61.5 Å². The third kappa shape index (κ3) is 6.06. The van der Waals surface area contributed by atoms with E-state index in [-0.39, 0.29) is 17.4 Å². The van der Waals surface area contributed by atoms with Crippen LogP contribution in [0.5, 0.6) is 11.5 Å². The van der Waals surface area contributed by atoms with Gasteiger partial charge in [0.2, 0.25) is 5.91 Å². The summed E-state index contributed by atoms with van der Waals surface area (Å²) in [4.78, 5) is 27.8. The molecule has 1 aromatic heterocycles. The number of carbonyl (C=O) groups is 2. The molecule has 7 nitrogen and oxygen atoms in total. The van der Waals surface area contributed by atoms with Crippen LogP contribution in [0.15, 0.2) is 60.8 Å². The minimum atomic E-state index is -0.638. The van der Waals surface area contributed by atoms with E-state index in [0.717, 1.165) is 5.56 Å². The molecule has 0 fully saturated rings. The summed E-state index contributed by atoms with van der Waals surface area (Å²) < 4.78 is 10.9. The fraction of sp³-hybridized carbons (Fsp3) is 0.167. The molecule has 0 saturated heterocycles. The number of ether oxygens (including phenoxy) is 2. The van der Waals surface area contributed by atoms with Gasteiger partial charge in [-0.15, -0.1) is 0 Å². The van der Waals surface area contributed by atoms with E-state index in [9.17, 15) is 9.59 Å². The lowest BCUT2D eigenvalue weighted by molar-refractivity contribution is -0.146. The van der Waals surface area contributed by atoms with Gasteiger partial charge in [-0.3, -0.25) is 14.6 Å². The Kier molecular flexibility index (Phi) is 7.42. The van der Waals surface area contributed by atoms with Gasteiger partial charge in [0.05, 0.1) is 28.8 Å². The average Bonchev–Trinajstić information content (AvgIpc) is 2.76. The maximum atomic E-state index is 12.5. The normalized spacial score (nSPS) is 11.2. The van der Waals surface area contributed by atoms with Gasteiger partial charge in [0, 0.05) is 13.1 Å². The zero-order chi connectivity index (χ0) is 23.1. The summed E-state index contributed by atoms with van der Waals surface area (Å²) >= 11 is 6.35. The highest BCUT2D eigenvalue weighted by Crippen LogP contribution is 2.30. The van der Waals surface area contributed by atoms with E-state index in [2.05, 4.69) is 16.4 Å². The molecule has 3 aromatic rings. The molecule has 1 amide bonds. The Labute approximate surface area is 190 Å². The van der Waals surface area contributed by atoms with Gasteiger partial charge < -0.3 is 14.8 Å². The first-order valence-corrected chi connectivity index (χ1v) is 10.1. The Bertz CT molecular complexity index is 1160. The van der Waals surface area contributed by atoms with Crippen molar-refractivity contribution in [2.75, 3.05) is 5.32 Å². The van der Waals surface area contributed by atoms with Crippen molar-refractivity contribution in [1.82, 2.24) is 4.98 Å². The number of esters is 1. The minimum absolute atomic E-state index is 0.130. The van der Waals surface area contributed by atoms with Crippen molar-refractivity contribution < 1.29 is 19.1 Å². The van der Waals surface area contributed by atoms with Crippen LogP contribution in [0.25, 0.3) is 0 Å². The predicted molar refractivity (Wildman–Crippen MR) is 119 cm³/mol. The molecular weight excluding hydrogens is 430 g/mol. The van der Waals surface area contributed by atoms with Crippen molar-refractivity contribution in [3.63, 3.8) is 0 Å². The van der Waals surface area contributed by atoms with Gasteiger partial charge in [-0.2, -0.15) is 5.26 Å². The molecule has 0 bridgehead atoms. The molecular formula is C24H20ClN3O4. The molecule has 0 aliphatic rings. The van der Waals surface area contributed by atoms with Gasteiger partial charge in [-0.1, -0.05) is 23.7 Å². The third-order valence-corrected chi connectivity index (χ3v) is 4.82. The van der Waals surface area contributed by atoms with E-state index in [4.69, 9.17) is 26.3 Å². The third-order valence-electron chi connectivity index (χ3n) is 4.43. The van der Waals surface area contributed by atoms with Crippen molar-refractivity contribution in [3.05, 3.63) is 82.6 Å². The number of carbonyl (C=O) groups excluding carboxylic acids is 2. The van der Waals surface area contributed by atoms with Gasteiger partial charge in [-0.25, -0.2) is 0 Å². The van der Waals surface area contributed by atoms with E-state index < -0.39 is 12.1 Å². The summed E-state index contributed by atoms with van der Waals surface area (Å²) in [5, 5.41) is 11.8. The van der Waals surface area contributed by atoms with Crippen LogP contribution in [-0.4, -0.2) is 16.9 Å². The van der Waals surface area contributed by atoms with Crippen molar-refractivity contribution in [2.24, 2.45) is 0 Å². The molecule has 0 aliphatic heterocycles. The van der Waals surface area contributed by atoms with Crippen LogP contribution in [0, 0.1) is 11.3 Å². The smallest absolute Gasteiger partial charge is 0.303 e. The Balaban J connectivity index is 1.61. The summed E-state index contributed by atoms with van der Waals surface area (Å²) in [6, 6.07) is 17.5. The van der Waals surface area contributed by atoms with Crippen LogP contribution in [-0.2, 0) is 20.7 Å². The number of aromatic nitrogens is 1. The SMILES string of the molecule is CC(=O)OC(C)c1nccc(NC(=O)Cc2ccc(Oc3ccc(C#N)cc3)cc2)c1Cl. The topological polar surface area (TPSA) is 101 Å². The molecule has 0 radical (unpaired) electrons. The second-order valence-corrected chi connectivity index (χ2v) is 7.29. The van der Waals surface area contributed by atoms with Gasteiger partial charge >= 0.3 is 5.97 Å². The van der Waals surface area contributed by atoms with Gasteiger partial charge in [-0.05, 0) is 55.0 Å². The summed E-state index contributed by atoms with van der Waals surface area (Å²) in [6.07, 6.45) is 0.983. The lowest BCUT2D eigenvalue weighted by Crippen LogP contribution is -2.16. The molecule has 8 heteroatoms. The van der Waals surface area contributed by atoms with Crippen LogP contribution in [0.1, 0.15) is 36.8 Å². The number of halogens is 1. The summed E-state index contributed by atoms with van der Waals surface area (Å²) in [5.74, 6) is 0.516. The Hall–Kier alpha value is -3.89. The molecule has 3 rings (SSSR count). The maximum absolute atomic E-state index is 12.5. The average molecular weight is 450 g/mol. The van der Waals surface area contributed by atoms with E-state index >= 15 is 0 Å².